The maximum absolute atomic E-state index is 12.0. The van der Waals surface area contributed by atoms with Crippen LogP contribution < -0.4 is 10.7 Å². The van der Waals surface area contributed by atoms with Gasteiger partial charge in [-0.05, 0) is 26.0 Å². The molecule has 2 aromatic heterocycles. The van der Waals surface area contributed by atoms with Crippen LogP contribution in [0.15, 0.2) is 35.3 Å². The van der Waals surface area contributed by atoms with Gasteiger partial charge in [0.15, 0.2) is 5.43 Å². The second-order valence-electron chi connectivity index (χ2n) is 5.40. The number of nitrogens with zero attached hydrogens (tertiary/aromatic N) is 3. The van der Waals surface area contributed by atoms with E-state index in [0.717, 1.165) is 11.0 Å². The summed E-state index contributed by atoms with van der Waals surface area (Å²) in [5.74, 6) is -0.217. The molecule has 0 radical (unpaired) electrons. The van der Waals surface area contributed by atoms with Crippen molar-refractivity contribution in [2.24, 2.45) is 0 Å². The summed E-state index contributed by atoms with van der Waals surface area (Å²) in [5, 5.41) is 11.2. The molecule has 2 N–H and O–H groups in total. The fourth-order valence-electron chi connectivity index (χ4n) is 2.33. The van der Waals surface area contributed by atoms with Gasteiger partial charge < -0.3 is 10.3 Å². The molecule has 2 heterocycles. The molecule has 0 spiro atoms. The van der Waals surface area contributed by atoms with E-state index in [0.29, 0.717) is 16.8 Å². The number of fused-ring (bicyclic) bond motifs is 1. The summed E-state index contributed by atoms with van der Waals surface area (Å²) in [4.78, 5) is 28.3. The molecule has 7 heteroatoms. The number of carbonyl (C=O) groups excluding carboxylic acids is 1. The van der Waals surface area contributed by atoms with Crippen LogP contribution in [0.4, 0.5) is 0 Å². The third-order valence-electron chi connectivity index (χ3n) is 3.69. The molecular formula is C16H17N5O2. The van der Waals surface area contributed by atoms with E-state index in [1.54, 1.807) is 20.0 Å². The number of pyridine rings is 1. The molecule has 1 aromatic carbocycles. The van der Waals surface area contributed by atoms with Crippen molar-refractivity contribution in [3.63, 3.8) is 0 Å². The first kappa shape index (κ1) is 15.0. The SMILES string of the molecule is Cc1c[nH]c(CNC(=O)Cn2nc3ccccc3n2)c(C)c1=O. The third-order valence-corrected chi connectivity index (χ3v) is 3.69. The second kappa shape index (κ2) is 6.04. The maximum Gasteiger partial charge on any atom is 0.243 e. The molecule has 0 fully saturated rings. The Balaban J connectivity index is 1.66. The van der Waals surface area contributed by atoms with E-state index in [1.165, 1.54) is 4.80 Å². The van der Waals surface area contributed by atoms with E-state index in [2.05, 4.69) is 20.5 Å². The molecule has 0 aliphatic carbocycles. The topological polar surface area (TPSA) is 92.7 Å². The maximum atomic E-state index is 12.0. The van der Waals surface area contributed by atoms with Gasteiger partial charge >= 0.3 is 0 Å². The number of aryl methyl sites for hydroxylation is 1. The van der Waals surface area contributed by atoms with Crippen LogP contribution in [-0.2, 0) is 17.9 Å². The summed E-state index contributed by atoms with van der Waals surface area (Å²) in [7, 11) is 0. The van der Waals surface area contributed by atoms with Crippen molar-refractivity contribution in [1.82, 2.24) is 25.3 Å². The molecule has 0 saturated carbocycles. The highest BCUT2D eigenvalue weighted by molar-refractivity contribution is 5.77. The Morgan fingerprint density at radius 2 is 1.87 bits per heavy atom. The zero-order valence-corrected chi connectivity index (χ0v) is 13.0. The van der Waals surface area contributed by atoms with E-state index in [1.807, 2.05) is 24.3 Å². The quantitative estimate of drug-likeness (QED) is 0.753. The van der Waals surface area contributed by atoms with Gasteiger partial charge in [0.05, 0.1) is 6.54 Å². The number of benzene rings is 1. The van der Waals surface area contributed by atoms with Crippen LogP contribution in [0, 0.1) is 13.8 Å². The lowest BCUT2D eigenvalue weighted by Gasteiger charge is -2.08. The molecule has 3 rings (SSSR count). The Kier molecular flexibility index (Phi) is 3.92. The predicted octanol–water partition coefficient (Wildman–Crippen LogP) is 1.05. The fourth-order valence-corrected chi connectivity index (χ4v) is 2.33. The molecule has 118 valence electrons. The minimum atomic E-state index is -0.217. The Morgan fingerprint density at radius 3 is 2.52 bits per heavy atom. The standard InChI is InChI=1S/C16H17N5O2/c1-10-7-17-14(11(2)16(10)23)8-18-15(22)9-21-19-12-5-3-4-6-13(12)20-21/h3-7H,8-9H2,1-2H3,(H,17,23)(H,18,22). The largest absolute Gasteiger partial charge is 0.363 e. The number of aromatic amines is 1. The van der Waals surface area contributed by atoms with Crippen LogP contribution in [0.25, 0.3) is 11.0 Å². The van der Waals surface area contributed by atoms with Gasteiger partial charge in [0, 0.05) is 23.0 Å². The number of hydrogen-bond donors (Lipinski definition) is 2. The van der Waals surface area contributed by atoms with Gasteiger partial charge in [-0.3, -0.25) is 9.59 Å². The van der Waals surface area contributed by atoms with Crippen molar-refractivity contribution in [2.75, 3.05) is 0 Å². The third kappa shape index (κ3) is 3.13. The summed E-state index contributed by atoms with van der Waals surface area (Å²) in [6.07, 6.45) is 1.65. The van der Waals surface area contributed by atoms with Crippen LogP contribution in [0.5, 0.6) is 0 Å². The molecule has 1 amide bonds. The Morgan fingerprint density at radius 1 is 1.22 bits per heavy atom. The van der Waals surface area contributed by atoms with E-state index < -0.39 is 0 Å². The monoisotopic (exact) mass is 311 g/mol. The molecule has 0 aliphatic heterocycles. The number of nitrogens with one attached hydrogen (secondary N) is 2. The molecule has 0 aliphatic rings. The molecule has 0 atom stereocenters. The highest BCUT2D eigenvalue weighted by Gasteiger charge is 2.09. The predicted molar refractivity (Wildman–Crippen MR) is 85.9 cm³/mol. The number of carbonyl (C=O) groups is 1. The van der Waals surface area contributed by atoms with Crippen LogP contribution in [0.2, 0.25) is 0 Å². The lowest BCUT2D eigenvalue weighted by molar-refractivity contribution is -0.122. The minimum absolute atomic E-state index is 0.00649. The highest BCUT2D eigenvalue weighted by Crippen LogP contribution is 2.06. The summed E-state index contributed by atoms with van der Waals surface area (Å²) < 4.78 is 0. The van der Waals surface area contributed by atoms with Crippen LogP contribution >= 0.6 is 0 Å². The van der Waals surface area contributed by atoms with Gasteiger partial charge in [0.25, 0.3) is 0 Å². The average Bonchev–Trinajstić information content (AvgIpc) is 2.94. The van der Waals surface area contributed by atoms with Gasteiger partial charge in [-0.1, -0.05) is 12.1 Å². The Hall–Kier alpha value is -2.96. The molecule has 0 unspecified atom stereocenters. The lowest BCUT2D eigenvalue weighted by atomic mass is 10.1. The Labute approximate surface area is 132 Å². The van der Waals surface area contributed by atoms with E-state index in [4.69, 9.17) is 0 Å². The van der Waals surface area contributed by atoms with Crippen LogP contribution in [-0.4, -0.2) is 25.9 Å². The number of amides is 1. The van der Waals surface area contributed by atoms with E-state index >= 15 is 0 Å². The molecule has 0 bridgehead atoms. The van der Waals surface area contributed by atoms with Gasteiger partial charge in [-0.2, -0.15) is 15.0 Å². The van der Waals surface area contributed by atoms with E-state index in [-0.39, 0.29) is 24.4 Å². The lowest BCUT2D eigenvalue weighted by Crippen LogP contribution is -2.29. The zero-order valence-electron chi connectivity index (χ0n) is 13.0. The normalized spacial score (nSPS) is 10.9. The van der Waals surface area contributed by atoms with Crippen LogP contribution in [0.1, 0.15) is 16.8 Å². The summed E-state index contributed by atoms with van der Waals surface area (Å²) in [6.45, 7) is 3.79. The average molecular weight is 311 g/mol. The molecule has 23 heavy (non-hydrogen) atoms. The minimum Gasteiger partial charge on any atom is -0.363 e. The molecule has 3 aromatic rings. The second-order valence-corrected chi connectivity index (χ2v) is 5.40. The molecule has 0 saturated heterocycles. The number of hydrogen-bond acceptors (Lipinski definition) is 4. The summed E-state index contributed by atoms with van der Waals surface area (Å²) in [6, 6.07) is 7.43. The van der Waals surface area contributed by atoms with E-state index in [9.17, 15) is 9.59 Å². The fraction of sp³-hybridized carbons (Fsp3) is 0.250. The number of H-pyrrole nitrogens is 1. The number of rotatable bonds is 4. The first-order valence-corrected chi connectivity index (χ1v) is 7.29. The van der Waals surface area contributed by atoms with Crippen molar-refractivity contribution in [1.29, 1.82) is 0 Å². The number of aromatic nitrogens is 4. The van der Waals surface area contributed by atoms with Crippen molar-refractivity contribution >= 4 is 16.9 Å². The Bertz CT molecular complexity index is 893. The summed E-state index contributed by atoms with van der Waals surface area (Å²) >= 11 is 0. The summed E-state index contributed by atoms with van der Waals surface area (Å²) in [5.41, 5.74) is 3.47. The first-order chi connectivity index (χ1) is 11.0. The molecule has 7 nitrogen and oxygen atoms in total. The molecular weight excluding hydrogens is 294 g/mol. The zero-order chi connectivity index (χ0) is 16.4. The van der Waals surface area contributed by atoms with Crippen molar-refractivity contribution < 1.29 is 4.79 Å². The van der Waals surface area contributed by atoms with Crippen molar-refractivity contribution in [2.45, 2.75) is 26.9 Å². The van der Waals surface area contributed by atoms with Crippen LogP contribution in [0.3, 0.4) is 0 Å². The van der Waals surface area contributed by atoms with Gasteiger partial charge in [0.1, 0.15) is 17.6 Å². The van der Waals surface area contributed by atoms with Gasteiger partial charge in [-0.25, -0.2) is 0 Å². The van der Waals surface area contributed by atoms with Crippen molar-refractivity contribution in [3.8, 4) is 0 Å². The highest BCUT2D eigenvalue weighted by atomic mass is 16.2. The smallest absolute Gasteiger partial charge is 0.243 e. The van der Waals surface area contributed by atoms with Gasteiger partial charge in [0.2, 0.25) is 5.91 Å². The van der Waals surface area contributed by atoms with Crippen molar-refractivity contribution in [3.05, 3.63) is 57.5 Å². The first-order valence-electron chi connectivity index (χ1n) is 7.29. The van der Waals surface area contributed by atoms with Gasteiger partial charge in [-0.15, -0.1) is 0 Å².